The molecule has 0 spiro atoms. The van der Waals surface area contributed by atoms with Crippen molar-refractivity contribution in [2.75, 3.05) is 6.61 Å². The molecule has 0 amide bonds. The minimum atomic E-state index is -0.0953. The van der Waals surface area contributed by atoms with E-state index >= 15 is 0 Å². The van der Waals surface area contributed by atoms with Gasteiger partial charge in [-0.05, 0) is 56.4 Å². The predicted molar refractivity (Wildman–Crippen MR) is 93.3 cm³/mol. The van der Waals surface area contributed by atoms with Crippen LogP contribution in [-0.2, 0) is 9.53 Å². The lowest BCUT2D eigenvalue weighted by Gasteiger charge is -2.54. The summed E-state index contributed by atoms with van der Waals surface area (Å²) < 4.78 is 5.79. The molecule has 0 aromatic rings. The molecule has 4 aliphatic rings. The van der Waals surface area contributed by atoms with Crippen molar-refractivity contribution in [2.45, 2.75) is 52.9 Å². The minimum absolute atomic E-state index is 0.0907. The van der Waals surface area contributed by atoms with Gasteiger partial charge in [-0.25, -0.2) is 0 Å². The van der Waals surface area contributed by atoms with Gasteiger partial charge in [0.05, 0.1) is 6.61 Å². The lowest BCUT2D eigenvalue weighted by Crippen LogP contribution is -2.49. The number of ether oxygens (including phenoxy) is 1. The lowest BCUT2D eigenvalue weighted by molar-refractivity contribution is -0.131. The lowest BCUT2D eigenvalue weighted by atomic mass is 9.49. The molecule has 24 heavy (non-hydrogen) atoms. The number of hydrogen-bond donors (Lipinski definition) is 1. The molecule has 0 radical (unpaired) electrons. The van der Waals surface area contributed by atoms with Crippen LogP contribution in [-0.4, -0.2) is 17.5 Å². The van der Waals surface area contributed by atoms with Crippen molar-refractivity contribution >= 4 is 5.78 Å². The van der Waals surface area contributed by atoms with Crippen LogP contribution >= 0.6 is 0 Å². The van der Waals surface area contributed by atoms with Gasteiger partial charge in [-0.2, -0.15) is 0 Å². The van der Waals surface area contributed by atoms with E-state index in [1.54, 1.807) is 0 Å². The summed E-state index contributed by atoms with van der Waals surface area (Å²) in [5.41, 5.74) is 0.965. The Kier molecular flexibility index (Phi) is 3.49. The summed E-state index contributed by atoms with van der Waals surface area (Å²) in [7, 11) is 0. The third kappa shape index (κ3) is 1.93. The van der Waals surface area contributed by atoms with Crippen LogP contribution < -0.4 is 0 Å². The Morgan fingerprint density at radius 2 is 2.08 bits per heavy atom. The zero-order valence-corrected chi connectivity index (χ0v) is 15.0. The first kappa shape index (κ1) is 16.0. The molecule has 0 unspecified atom stereocenters. The average Bonchev–Trinajstić information content (AvgIpc) is 2.86. The Balaban J connectivity index is 1.74. The number of carbonyl (C=O) groups excluding carboxylic acids is 1. The molecule has 4 rings (SSSR count). The van der Waals surface area contributed by atoms with Gasteiger partial charge in [-0.15, -0.1) is 0 Å². The van der Waals surface area contributed by atoms with Crippen LogP contribution in [0.2, 0.25) is 0 Å². The second-order valence-corrected chi connectivity index (χ2v) is 8.41. The summed E-state index contributed by atoms with van der Waals surface area (Å²) >= 11 is 0. The van der Waals surface area contributed by atoms with Gasteiger partial charge in [0, 0.05) is 22.8 Å². The van der Waals surface area contributed by atoms with Gasteiger partial charge in [-0.3, -0.25) is 4.79 Å². The molecule has 0 saturated heterocycles. The fraction of sp³-hybridized carbons (Fsp3) is 0.667. The Morgan fingerprint density at radius 1 is 1.29 bits per heavy atom. The van der Waals surface area contributed by atoms with E-state index in [-0.39, 0.29) is 16.6 Å². The fourth-order valence-electron chi connectivity index (χ4n) is 6.12. The van der Waals surface area contributed by atoms with Gasteiger partial charge in [0.15, 0.2) is 11.5 Å². The van der Waals surface area contributed by atoms with Gasteiger partial charge in [0.2, 0.25) is 0 Å². The van der Waals surface area contributed by atoms with Gasteiger partial charge in [-0.1, -0.05) is 26.0 Å². The minimum Gasteiger partial charge on any atom is -0.504 e. The third-order valence-corrected chi connectivity index (χ3v) is 7.44. The maximum absolute atomic E-state index is 12.5. The van der Waals surface area contributed by atoms with Gasteiger partial charge in [0.25, 0.3) is 0 Å². The molecule has 4 aliphatic carbocycles. The molecule has 0 aromatic carbocycles. The van der Waals surface area contributed by atoms with Crippen LogP contribution in [0.25, 0.3) is 0 Å². The monoisotopic (exact) mass is 328 g/mol. The largest absolute Gasteiger partial charge is 0.504 e. The van der Waals surface area contributed by atoms with Crippen molar-refractivity contribution < 1.29 is 14.6 Å². The highest BCUT2D eigenvalue weighted by Crippen LogP contribution is 2.63. The molecule has 130 valence electrons. The Bertz CT molecular complexity index is 671. The van der Waals surface area contributed by atoms with Gasteiger partial charge < -0.3 is 9.84 Å². The van der Waals surface area contributed by atoms with E-state index in [2.05, 4.69) is 26.0 Å². The molecule has 0 heterocycles. The number of carbonyl (C=O) groups is 1. The highest BCUT2D eigenvalue weighted by Gasteiger charge is 2.58. The number of ketones is 1. The first-order chi connectivity index (χ1) is 11.4. The average molecular weight is 328 g/mol. The second kappa shape index (κ2) is 5.24. The van der Waals surface area contributed by atoms with E-state index in [9.17, 15) is 9.90 Å². The van der Waals surface area contributed by atoms with Gasteiger partial charge in [0.1, 0.15) is 5.78 Å². The van der Waals surface area contributed by atoms with Crippen LogP contribution in [0, 0.1) is 28.6 Å². The summed E-state index contributed by atoms with van der Waals surface area (Å²) in [6, 6.07) is 0. The van der Waals surface area contributed by atoms with Crippen LogP contribution in [0.3, 0.4) is 0 Å². The number of hydrogen-bond acceptors (Lipinski definition) is 3. The zero-order valence-electron chi connectivity index (χ0n) is 15.0. The highest BCUT2D eigenvalue weighted by molar-refractivity contribution is 5.87. The predicted octanol–water partition coefficient (Wildman–Crippen LogP) is 4.71. The zero-order chi connectivity index (χ0) is 17.1. The second-order valence-electron chi connectivity index (χ2n) is 8.41. The number of fused-ring (bicyclic) bond motifs is 5. The third-order valence-electron chi connectivity index (χ3n) is 7.44. The normalized spacial score (nSPS) is 43.9. The summed E-state index contributed by atoms with van der Waals surface area (Å²) in [6.07, 6.45) is 11.2. The van der Waals surface area contributed by atoms with E-state index in [1.807, 2.05) is 13.0 Å². The summed E-state index contributed by atoms with van der Waals surface area (Å²) in [5.74, 6) is 3.00. The Hall–Kier alpha value is -1.51. The molecular formula is C21H28O3. The molecular weight excluding hydrogens is 300 g/mol. The number of aliphatic hydroxyl groups excluding tert-OH is 1. The first-order valence-electron chi connectivity index (χ1n) is 9.41. The number of aliphatic hydroxyl groups is 1. The maximum atomic E-state index is 12.5. The maximum Gasteiger partial charge on any atom is 0.164 e. The van der Waals surface area contributed by atoms with E-state index < -0.39 is 0 Å². The quantitative estimate of drug-likeness (QED) is 0.798. The SMILES string of the molecule is CCOC1=C(O)C=C[C@@]2(C)C1=CC[C@@H]1[C@@H]2CC[C@]2(C)C(=O)CC[C@@H]12. The van der Waals surface area contributed by atoms with Crippen LogP contribution in [0.4, 0.5) is 0 Å². The van der Waals surface area contributed by atoms with Crippen molar-refractivity contribution in [3.63, 3.8) is 0 Å². The van der Waals surface area contributed by atoms with E-state index in [0.717, 1.165) is 37.7 Å². The van der Waals surface area contributed by atoms with E-state index in [4.69, 9.17) is 4.74 Å². The van der Waals surface area contributed by atoms with Crippen LogP contribution in [0.1, 0.15) is 52.9 Å². The van der Waals surface area contributed by atoms with E-state index in [1.165, 1.54) is 0 Å². The van der Waals surface area contributed by atoms with Crippen molar-refractivity contribution in [2.24, 2.45) is 28.6 Å². The standard InChI is InChI=1S/C21H28O3/c1-4-24-19-16-6-5-13-14-7-8-18(23)21(14,3)11-9-15(13)20(16,2)12-10-17(19)22/h6,10,12-15,22H,4-5,7-9,11H2,1-3H3/t13-,14-,15-,20+,21-/m0/s1. The fourth-order valence-corrected chi connectivity index (χ4v) is 6.12. The highest BCUT2D eigenvalue weighted by atomic mass is 16.5. The topological polar surface area (TPSA) is 46.5 Å². The number of Topliss-reactive ketones (excluding diaryl/α,β-unsaturated/α-hetero) is 1. The van der Waals surface area contributed by atoms with Crippen molar-refractivity contribution in [1.82, 2.24) is 0 Å². The van der Waals surface area contributed by atoms with Crippen molar-refractivity contribution in [1.29, 1.82) is 0 Å². The number of rotatable bonds is 2. The summed E-state index contributed by atoms with van der Waals surface area (Å²) in [4.78, 5) is 12.5. The summed E-state index contributed by atoms with van der Waals surface area (Å²) in [6.45, 7) is 7.01. The molecule has 3 heteroatoms. The summed E-state index contributed by atoms with van der Waals surface area (Å²) in [5, 5.41) is 10.3. The van der Waals surface area contributed by atoms with Crippen molar-refractivity contribution in [3.8, 4) is 0 Å². The van der Waals surface area contributed by atoms with Crippen LogP contribution in [0.5, 0.6) is 0 Å². The molecule has 0 bridgehead atoms. The molecule has 2 fully saturated rings. The van der Waals surface area contributed by atoms with Gasteiger partial charge >= 0.3 is 0 Å². The number of allylic oxidation sites excluding steroid dienone is 4. The first-order valence-corrected chi connectivity index (χ1v) is 9.41. The Morgan fingerprint density at radius 3 is 2.83 bits per heavy atom. The molecule has 2 saturated carbocycles. The molecule has 1 N–H and O–H groups in total. The molecule has 0 aromatic heterocycles. The molecule has 5 atom stereocenters. The molecule has 0 aliphatic heterocycles. The van der Waals surface area contributed by atoms with Crippen molar-refractivity contribution in [3.05, 3.63) is 35.3 Å². The smallest absolute Gasteiger partial charge is 0.164 e. The molecule has 3 nitrogen and oxygen atoms in total. The van der Waals surface area contributed by atoms with E-state index in [0.29, 0.717) is 35.9 Å². The Labute approximate surface area is 144 Å². The van der Waals surface area contributed by atoms with Crippen LogP contribution in [0.15, 0.2) is 35.3 Å².